The first-order valence-electron chi connectivity index (χ1n) is 6.21. The van der Waals surface area contributed by atoms with Gasteiger partial charge in [-0.2, -0.15) is 8.78 Å². The Morgan fingerprint density at radius 3 is 3.00 bits per heavy atom. The van der Waals surface area contributed by atoms with Crippen LogP contribution in [-0.2, 0) is 6.42 Å². The number of hydrogen-bond acceptors (Lipinski definition) is 3. The Bertz CT molecular complexity index is 617. The molecular weight excluding hydrogens is 304 g/mol. The zero-order valence-electron chi connectivity index (χ0n) is 10.4. The van der Waals surface area contributed by atoms with Gasteiger partial charge in [0.15, 0.2) is 0 Å². The molecule has 1 aliphatic rings. The molecule has 3 rings (SSSR count). The smallest absolute Gasteiger partial charge is 0.387 e. The number of halogens is 3. The lowest BCUT2D eigenvalue weighted by Gasteiger charge is -2.15. The van der Waals surface area contributed by atoms with Crippen LogP contribution in [0.3, 0.4) is 0 Å². The van der Waals surface area contributed by atoms with Crippen molar-refractivity contribution in [3.05, 3.63) is 45.1 Å². The number of ether oxygens (including phenoxy) is 1. The summed E-state index contributed by atoms with van der Waals surface area (Å²) in [5.74, 6) is 0.159. The van der Waals surface area contributed by atoms with Crippen molar-refractivity contribution in [1.82, 2.24) is 0 Å². The molecule has 0 radical (unpaired) electrons. The lowest BCUT2D eigenvalue weighted by atomic mass is 10.1. The van der Waals surface area contributed by atoms with E-state index in [4.69, 9.17) is 11.6 Å². The van der Waals surface area contributed by atoms with E-state index in [9.17, 15) is 8.78 Å². The zero-order chi connectivity index (χ0) is 14.1. The molecule has 0 saturated carbocycles. The van der Waals surface area contributed by atoms with Crippen LogP contribution in [0.25, 0.3) is 0 Å². The van der Waals surface area contributed by atoms with Crippen molar-refractivity contribution >= 4 is 28.6 Å². The minimum atomic E-state index is -2.81. The van der Waals surface area contributed by atoms with Crippen LogP contribution in [0.15, 0.2) is 30.3 Å². The minimum Gasteiger partial charge on any atom is -0.435 e. The molecule has 2 aromatic rings. The summed E-state index contributed by atoms with van der Waals surface area (Å²) in [5.41, 5.74) is 1.98. The topological polar surface area (TPSA) is 21.3 Å². The van der Waals surface area contributed by atoms with Crippen LogP contribution in [0.2, 0.25) is 4.34 Å². The average molecular weight is 316 g/mol. The number of thiophene rings is 1. The molecule has 6 heteroatoms. The van der Waals surface area contributed by atoms with E-state index in [-0.39, 0.29) is 11.8 Å². The summed E-state index contributed by atoms with van der Waals surface area (Å²) in [4.78, 5) is 1.30. The first kappa shape index (κ1) is 13.6. The summed E-state index contributed by atoms with van der Waals surface area (Å²) in [6, 6.07) is 8.78. The quantitative estimate of drug-likeness (QED) is 0.847. The van der Waals surface area contributed by atoms with Gasteiger partial charge < -0.3 is 10.1 Å². The molecule has 1 N–H and O–H groups in total. The first-order chi connectivity index (χ1) is 9.61. The van der Waals surface area contributed by atoms with E-state index in [1.165, 1.54) is 16.5 Å². The Morgan fingerprint density at radius 1 is 1.35 bits per heavy atom. The van der Waals surface area contributed by atoms with Gasteiger partial charge in [-0.3, -0.25) is 0 Å². The number of nitrogens with one attached hydrogen (secondary N) is 1. The Balaban J connectivity index is 1.75. The highest BCUT2D eigenvalue weighted by Crippen LogP contribution is 2.41. The van der Waals surface area contributed by atoms with E-state index in [0.29, 0.717) is 0 Å². The molecule has 1 aromatic heterocycles. The second kappa shape index (κ2) is 5.58. The van der Waals surface area contributed by atoms with E-state index < -0.39 is 6.61 Å². The third-order valence-electron chi connectivity index (χ3n) is 3.25. The normalized spacial score (nSPS) is 17.3. The molecule has 0 aliphatic heterocycles. The van der Waals surface area contributed by atoms with Crippen molar-refractivity contribution in [2.24, 2.45) is 0 Å². The summed E-state index contributed by atoms with van der Waals surface area (Å²) in [5, 5.41) is 3.35. The molecule has 0 bridgehead atoms. The summed E-state index contributed by atoms with van der Waals surface area (Å²) < 4.78 is 29.6. The maximum atomic E-state index is 12.2. The van der Waals surface area contributed by atoms with Gasteiger partial charge in [0.1, 0.15) is 5.75 Å². The van der Waals surface area contributed by atoms with Crippen LogP contribution in [0, 0.1) is 0 Å². The van der Waals surface area contributed by atoms with Gasteiger partial charge in [0.25, 0.3) is 0 Å². The second-order valence-electron chi connectivity index (χ2n) is 4.57. The molecule has 1 unspecified atom stereocenters. The van der Waals surface area contributed by atoms with E-state index in [0.717, 1.165) is 22.9 Å². The molecule has 0 spiro atoms. The Labute approximate surface area is 124 Å². The van der Waals surface area contributed by atoms with Crippen molar-refractivity contribution in [1.29, 1.82) is 0 Å². The van der Waals surface area contributed by atoms with Gasteiger partial charge in [-0.05, 0) is 36.6 Å². The average Bonchev–Trinajstić information content (AvgIpc) is 2.90. The molecule has 2 nitrogen and oxygen atoms in total. The standard InChI is InChI=1S/C14H12ClF2NOS/c15-13-7-10-11(4-5-12(10)20-13)18-8-2-1-3-9(6-8)19-14(16)17/h1-3,6-7,11,14,18H,4-5H2. The van der Waals surface area contributed by atoms with Crippen molar-refractivity contribution in [2.45, 2.75) is 25.5 Å². The van der Waals surface area contributed by atoms with E-state index in [1.807, 2.05) is 12.1 Å². The van der Waals surface area contributed by atoms with E-state index >= 15 is 0 Å². The van der Waals surface area contributed by atoms with E-state index in [1.54, 1.807) is 23.5 Å². The van der Waals surface area contributed by atoms with Crippen molar-refractivity contribution in [2.75, 3.05) is 5.32 Å². The monoisotopic (exact) mass is 315 g/mol. The fourth-order valence-electron chi connectivity index (χ4n) is 2.44. The maximum absolute atomic E-state index is 12.2. The van der Waals surface area contributed by atoms with Gasteiger partial charge in [0, 0.05) is 16.6 Å². The second-order valence-corrected chi connectivity index (χ2v) is 6.34. The molecular formula is C14H12ClF2NOS. The van der Waals surface area contributed by atoms with Crippen LogP contribution >= 0.6 is 22.9 Å². The molecule has 106 valence electrons. The molecule has 0 saturated heterocycles. The fraction of sp³-hybridized carbons (Fsp3) is 0.286. The molecule has 20 heavy (non-hydrogen) atoms. The Morgan fingerprint density at radius 2 is 2.20 bits per heavy atom. The van der Waals surface area contributed by atoms with Gasteiger partial charge in [0.05, 0.1) is 10.4 Å². The number of aryl methyl sites for hydroxylation is 1. The lowest BCUT2D eigenvalue weighted by molar-refractivity contribution is -0.0498. The molecule has 1 heterocycles. The summed E-state index contributed by atoms with van der Waals surface area (Å²) in [6.45, 7) is -2.81. The first-order valence-corrected chi connectivity index (χ1v) is 7.41. The van der Waals surface area contributed by atoms with Crippen LogP contribution in [0.1, 0.15) is 22.9 Å². The highest BCUT2D eigenvalue weighted by molar-refractivity contribution is 7.16. The number of alkyl halides is 2. The van der Waals surface area contributed by atoms with Crippen LogP contribution in [0.4, 0.5) is 14.5 Å². The Kier molecular flexibility index (Phi) is 3.81. The van der Waals surface area contributed by atoms with Crippen molar-refractivity contribution in [3.8, 4) is 5.75 Å². The third kappa shape index (κ3) is 2.88. The Hall–Kier alpha value is -1.33. The van der Waals surface area contributed by atoms with Crippen molar-refractivity contribution < 1.29 is 13.5 Å². The van der Waals surface area contributed by atoms with Crippen molar-refractivity contribution in [3.63, 3.8) is 0 Å². The van der Waals surface area contributed by atoms with Crippen LogP contribution in [-0.4, -0.2) is 6.61 Å². The van der Waals surface area contributed by atoms with Crippen LogP contribution < -0.4 is 10.1 Å². The summed E-state index contributed by atoms with van der Waals surface area (Å²) in [6.07, 6.45) is 1.98. The van der Waals surface area contributed by atoms with Crippen LogP contribution in [0.5, 0.6) is 5.75 Å². The largest absolute Gasteiger partial charge is 0.435 e. The number of benzene rings is 1. The summed E-state index contributed by atoms with van der Waals surface area (Å²) in [7, 11) is 0. The molecule has 1 atom stereocenters. The van der Waals surface area contributed by atoms with Gasteiger partial charge in [-0.15, -0.1) is 11.3 Å². The third-order valence-corrected chi connectivity index (χ3v) is 4.59. The van der Waals surface area contributed by atoms with Gasteiger partial charge >= 0.3 is 6.61 Å². The molecule has 0 fully saturated rings. The highest BCUT2D eigenvalue weighted by Gasteiger charge is 2.25. The zero-order valence-corrected chi connectivity index (χ0v) is 12.0. The van der Waals surface area contributed by atoms with E-state index in [2.05, 4.69) is 10.1 Å². The highest BCUT2D eigenvalue weighted by atomic mass is 35.5. The number of anilines is 1. The predicted molar refractivity (Wildman–Crippen MR) is 77.1 cm³/mol. The fourth-order valence-corrected chi connectivity index (χ4v) is 3.80. The minimum absolute atomic E-state index is 0.159. The molecule has 1 aliphatic carbocycles. The number of rotatable bonds is 4. The number of hydrogen-bond donors (Lipinski definition) is 1. The van der Waals surface area contributed by atoms with Gasteiger partial charge in [0.2, 0.25) is 0 Å². The summed E-state index contributed by atoms with van der Waals surface area (Å²) >= 11 is 7.62. The predicted octanol–water partition coefficient (Wildman–Crippen LogP) is 5.10. The lowest BCUT2D eigenvalue weighted by Crippen LogP contribution is -2.07. The van der Waals surface area contributed by atoms with Gasteiger partial charge in [-0.25, -0.2) is 0 Å². The molecule has 0 amide bonds. The SMILES string of the molecule is FC(F)Oc1cccc(NC2CCc3sc(Cl)cc32)c1. The maximum Gasteiger partial charge on any atom is 0.387 e. The van der Waals surface area contributed by atoms with Gasteiger partial charge in [-0.1, -0.05) is 17.7 Å². The number of fused-ring (bicyclic) bond motifs is 1. The molecule has 1 aromatic carbocycles.